The summed E-state index contributed by atoms with van der Waals surface area (Å²) in [5.41, 5.74) is 4.07. The van der Waals surface area contributed by atoms with Gasteiger partial charge in [0.25, 0.3) is 0 Å². The van der Waals surface area contributed by atoms with Crippen molar-refractivity contribution in [2.45, 2.75) is 13.8 Å². The maximum absolute atomic E-state index is 5.04. The van der Waals surface area contributed by atoms with Crippen molar-refractivity contribution in [3.63, 3.8) is 0 Å². The van der Waals surface area contributed by atoms with Gasteiger partial charge in [-0.2, -0.15) is 0 Å². The quantitative estimate of drug-likeness (QED) is 0.190. The molecule has 0 atom stereocenters. The molecule has 0 aliphatic carbocycles. The molecular weight excluding hydrogens is 583 g/mol. The third-order valence-corrected chi connectivity index (χ3v) is 15.0. The topological polar surface area (TPSA) is 6.48 Å². The fourth-order valence-electron chi connectivity index (χ4n) is 4.52. The molecule has 4 aromatic carbocycles. The van der Waals surface area contributed by atoms with E-state index < -0.39 is 19.8 Å². The number of hydrogen-bond donors (Lipinski definition) is 0. The molecule has 0 bridgehead atoms. The first-order chi connectivity index (χ1) is 17.5. The third-order valence-electron chi connectivity index (χ3n) is 6.64. The van der Waals surface area contributed by atoms with Crippen LogP contribution >= 0.6 is 12.2 Å². The van der Waals surface area contributed by atoms with Gasteiger partial charge < -0.3 is 34.6 Å². The summed E-state index contributed by atoms with van der Waals surface area (Å²) in [7, 11) is 0. The van der Waals surface area contributed by atoms with Gasteiger partial charge in [0.1, 0.15) is 0 Å². The molecule has 0 aromatic heterocycles. The van der Waals surface area contributed by atoms with Crippen LogP contribution in [0.1, 0.15) is 11.1 Å². The van der Waals surface area contributed by atoms with E-state index in [-0.39, 0.29) is 0 Å². The van der Waals surface area contributed by atoms with Crippen LogP contribution in [0.4, 0.5) is 5.69 Å². The Morgan fingerprint density at radius 1 is 0.639 bits per heavy atom. The first-order valence-corrected chi connectivity index (χ1v) is 17.4. The van der Waals surface area contributed by atoms with Crippen LogP contribution in [0.5, 0.6) is 0 Å². The number of hydrogen-bond acceptors (Lipinski definition) is 3. The predicted octanol–water partition coefficient (Wildman–Crippen LogP) is 4.46. The van der Waals surface area contributed by atoms with Gasteiger partial charge in [0.05, 0.1) is 0 Å². The summed E-state index contributed by atoms with van der Waals surface area (Å²) in [5, 5.41) is 0. The van der Waals surface area contributed by atoms with Gasteiger partial charge >= 0.3 is 121 Å². The molecular formula is C31H32N2S2Sn. The number of piperazine rings is 1. The summed E-state index contributed by atoms with van der Waals surface area (Å²) in [6, 6.07) is 39.4. The molecule has 1 aliphatic rings. The zero-order valence-electron chi connectivity index (χ0n) is 20.9. The second-order valence-corrected chi connectivity index (χ2v) is 17.0. The van der Waals surface area contributed by atoms with E-state index in [1.807, 2.05) is 0 Å². The van der Waals surface area contributed by atoms with Crippen molar-refractivity contribution in [2.75, 3.05) is 31.1 Å². The van der Waals surface area contributed by atoms with Crippen molar-refractivity contribution in [3.05, 3.63) is 120 Å². The molecule has 1 heterocycles. The third kappa shape index (κ3) is 6.87. The summed E-state index contributed by atoms with van der Waals surface area (Å²) in [6.45, 7) is 8.23. The Balaban J connectivity index is 0.000000170. The fraction of sp³-hybridized carbons (Fsp3) is 0.194. The molecule has 1 aliphatic heterocycles. The van der Waals surface area contributed by atoms with E-state index in [1.165, 1.54) is 27.6 Å². The van der Waals surface area contributed by atoms with Gasteiger partial charge in [-0.25, -0.2) is 0 Å². The van der Waals surface area contributed by atoms with Crippen LogP contribution in [0.3, 0.4) is 0 Å². The van der Waals surface area contributed by atoms with Crippen molar-refractivity contribution < 1.29 is 0 Å². The predicted molar refractivity (Wildman–Crippen MR) is 164 cm³/mol. The van der Waals surface area contributed by atoms with Crippen LogP contribution in [0, 0.1) is 13.8 Å². The molecule has 1 saturated heterocycles. The van der Waals surface area contributed by atoms with Crippen molar-refractivity contribution in [1.29, 1.82) is 0 Å². The number of benzene rings is 4. The number of anilines is 1. The van der Waals surface area contributed by atoms with Crippen molar-refractivity contribution in [2.24, 2.45) is 0 Å². The number of nitrogens with zero attached hydrogens (tertiary/aromatic N) is 2. The summed E-state index contributed by atoms with van der Waals surface area (Å²) in [4.78, 5) is 4.53. The molecule has 2 nitrogen and oxygen atoms in total. The number of rotatable bonds is 4. The Hall–Kier alpha value is -2.41. The second-order valence-electron chi connectivity index (χ2n) is 8.93. The summed E-state index contributed by atoms with van der Waals surface area (Å²) in [6.07, 6.45) is 0. The van der Waals surface area contributed by atoms with Crippen LogP contribution in [0.15, 0.2) is 109 Å². The van der Waals surface area contributed by atoms with Crippen LogP contribution in [-0.2, 0) is 12.6 Å². The minimum atomic E-state index is -1.98. The standard InChI is InChI=1S/C13H18N2S2.3C6H5.Sn/c1-10-4-3-5-12(11(10)2)14-6-8-15(9-7-14)13(16)17;3*1-2-4-6-5-3-1;/h3-5H,6-9H2,1-2H3,(H,16,17);3*1-5H;/q;;;;+1/p-1. The molecule has 0 unspecified atom stereocenters. The Kier molecular flexibility index (Phi) is 9.79. The van der Waals surface area contributed by atoms with Crippen molar-refractivity contribution in [3.8, 4) is 0 Å². The van der Waals surface area contributed by atoms with Crippen LogP contribution < -0.4 is 15.6 Å². The monoisotopic (exact) mass is 616 g/mol. The fourth-order valence-corrected chi connectivity index (χ4v) is 12.2. The van der Waals surface area contributed by atoms with Gasteiger partial charge in [0, 0.05) is 31.9 Å². The van der Waals surface area contributed by atoms with E-state index in [0.29, 0.717) is 4.32 Å². The first-order valence-electron chi connectivity index (χ1n) is 12.3. The molecule has 1 fully saturated rings. The SMILES string of the molecule is Cc1cccc(N2CCN(C(=S)[S-])CC2)c1C.c1cc[c]([Sn+]([c]2ccccc2)[c]2ccccc2)cc1. The first kappa shape index (κ1) is 26.6. The zero-order valence-corrected chi connectivity index (χ0v) is 25.4. The molecule has 0 N–H and O–H groups in total. The van der Waals surface area contributed by atoms with Crippen LogP contribution in [0.25, 0.3) is 0 Å². The molecule has 0 saturated carbocycles. The van der Waals surface area contributed by atoms with Gasteiger partial charge in [0.15, 0.2) is 0 Å². The summed E-state index contributed by atoms with van der Waals surface area (Å²) in [5.74, 6) is 0. The summed E-state index contributed by atoms with van der Waals surface area (Å²) >= 11 is 8.10. The Labute approximate surface area is 234 Å². The van der Waals surface area contributed by atoms with Crippen LogP contribution in [0.2, 0.25) is 0 Å². The van der Waals surface area contributed by atoms with Gasteiger partial charge in [-0.1, -0.05) is 16.5 Å². The Morgan fingerprint density at radius 3 is 1.50 bits per heavy atom. The van der Waals surface area contributed by atoms with E-state index >= 15 is 0 Å². The molecule has 0 spiro atoms. The number of aryl methyl sites for hydroxylation is 1. The van der Waals surface area contributed by atoms with Crippen molar-refractivity contribution >= 4 is 65.4 Å². The molecule has 36 heavy (non-hydrogen) atoms. The molecule has 0 amide bonds. The van der Waals surface area contributed by atoms with Gasteiger partial charge in [-0.15, -0.1) is 0 Å². The summed E-state index contributed by atoms with van der Waals surface area (Å²) < 4.78 is 5.19. The normalized spacial score (nSPS) is 12.9. The van der Waals surface area contributed by atoms with E-state index in [9.17, 15) is 0 Å². The van der Waals surface area contributed by atoms with Crippen LogP contribution in [-0.4, -0.2) is 55.2 Å². The second kappa shape index (κ2) is 13.2. The molecule has 4 aromatic rings. The van der Waals surface area contributed by atoms with E-state index in [2.05, 4.69) is 133 Å². The molecule has 5 rings (SSSR count). The van der Waals surface area contributed by atoms with E-state index in [0.717, 1.165) is 26.2 Å². The van der Waals surface area contributed by atoms with Gasteiger partial charge in [-0.05, 0) is 31.0 Å². The minimum absolute atomic E-state index is 0.602. The Bertz CT molecular complexity index is 1150. The van der Waals surface area contributed by atoms with Crippen molar-refractivity contribution in [1.82, 2.24) is 4.90 Å². The average molecular weight is 615 g/mol. The number of thiocarbonyl (C=S) groups is 1. The Morgan fingerprint density at radius 2 is 1.08 bits per heavy atom. The molecule has 0 radical (unpaired) electrons. The maximum atomic E-state index is 5.04. The molecule has 182 valence electrons. The van der Waals surface area contributed by atoms with Gasteiger partial charge in [0.2, 0.25) is 0 Å². The van der Waals surface area contributed by atoms with E-state index in [1.54, 1.807) is 0 Å². The molecule has 5 heteroatoms. The average Bonchev–Trinajstić information content (AvgIpc) is 2.93. The van der Waals surface area contributed by atoms with Gasteiger partial charge in [-0.3, -0.25) is 0 Å². The zero-order chi connectivity index (χ0) is 25.3. The van der Waals surface area contributed by atoms with E-state index in [4.69, 9.17) is 24.8 Å².